The number of ether oxygens (including phenoxy) is 2. The Morgan fingerprint density at radius 3 is 2.81 bits per heavy atom. The highest BCUT2D eigenvalue weighted by molar-refractivity contribution is 5.79. The number of carbonyl (C=O) groups excluding carboxylic acids is 1. The molecule has 1 amide bonds. The summed E-state index contributed by atoms with van der Waals surface area (Å²) < 4.78 is 11.1. The maximum Gasteiger partial charge on any atom is 0.237 e. The molecule has 0 spiro atoms. The van der Waals surface area contributed by atoms with Gasteiger partial charge in [-0.1, -0.05) is 44.4 Å². The van der Waals surface area contributed by atoms with Gasteiger partial charge >= 0.3 is 0 Å². The SMILES string of the molecule is CCc1ccc2c(c1)C(COCCCOC)N(C(=O)CNCC1(O)CCCCC1)CC2. The summed E-state index contributed by atoms with van der Waals surface area (Å²) in [6, 6.07) is 6.59. The zero-order valence-corrected chi connectivity index (χ0v) is 19.3. The molecule has 6 heteroatoms. The summed E-state index contributed by atoms with van der Waals surface area (Å²) in [5.41, 5.74) is 3.16. The molecular weight excluding hydrogens is 392 g/mol. The average Bonchev–Trinajstić information content (AvgIpc) is 2.78. The summed E-state index contributed by atoms with van der Waals surface area (Å²) in [5, 5.41) is 13.9. The molecular formula is C25H40N2O4. The van der Waals surface area contributed by atoms with Gasteiger partial charge in [0.25, 0.3) is 0 Å². The lowest BCUT2D eigenvalue weighted by Crippen LogP contribution is -2.49. The first-order valence-electron chi connectivity index (χ1n) is 12.0. The van der Waals surface area contributed by atoms with Crippen molar-refractivity contribution >= 4 is 5.91 Å². The minimum atomic E-state index is -0.660. The van der Waals surface area contributed by atoms with Gasteiger partial charge in [-0.2, -0.15) is 0 Å². The molecule has 1 heterocycles. The predicted molar refractivity (Wildman–Crippen MR) is 122 cm³/mol. The molecule has 31 heavy (non-hydrogen) atoms. The number of nitrogens with zero attached hydrogens (tertiary/aromatic N) is 1. The van der Waals surface area contributed by atoms with E-state index in [1.165, 1.54) is 23.1 Å². The number of nitrogens with one attached hydrogen (secondary N) is 1. The van der Waals surface area contributed by atoms with Crippen LogP contribution in [0.4, 0.5) is 0 Å². The number of benzene rings is 1. The fraction of sp³-hybridized carbons (Fsp3) is 0.720. The molecule has 2 N–H and O–H groups in total. The third-order valence-corrected chi connectivity index (χ3v) is 6.72. The normalized spacial score (nSPS) is 20.5. The zero-order valence-electron chi connectivity index (χ0n) is 19.3. The largest absolute Gasteiger partial charge is 0.389 e. The Balaban J connectivity index is 1.63. The third-order valence-electron chi connectivity index (χ3n) is 6.72. The maximum absolute atomic E-state index is 13.2. The second-order valence-electron chi connectivity index (χ2n) is 9.05. The summed E-state index contributed by atoms with van der Waals surface area (Å²) >= 11 is 0. The number of methoxy groups -OCH3 is 1. The molecule has 0 bridgehead atoms. The van der Waals surface area contributed by atoms with E-state index in [0.717, 1.165) is 44.9 Å². The van der Waals surface area contributed by atoms with E-state index in [4.69, 9.17) is 9.47 Å². The average molecular weight is 433 g/mol. The number of carbonyl (C=O) groups is 1. The van der Waals surface area contributed by atoms with Crippen molar-refractivity contribution in [1.29, 1.82) is 0 Å². The molecule has 1 aliphatic heterocycles. The van der Waals surface area contributed by atoms with Gasteiger partial charge in [-0.15, -0.1) is 0 Å². The topological polar surface area (TPSA) is 71.0 Å². The van der Waals surface area contributed by atoms with Crippen LogP contribution in [0.25, 0.3) is 0 Å². The molecule has 1 aromatic rings. The Labute approximate surface area is 187 Å². The van der Waals surface area contributed by atoms with Gasteiger partial charge in [-0.25, -0.2) is 0 Å². The van der Waals surface area contributed by atoms with Crippen molar-refractivity contribution in [3.8, 4) is 0 Å². The first-order chi connectivity index (χ1) is 15.1. The molecule has 1 aliphatic carbocycles. The summed E-state index contributed by atoms with van der Waals surface area (Å²) in [4.78, 5) is 15.1. The molecule has 0 saturated heterocycles. The lowest BCUT2D eigenvalue weighted by molar-refractivity contribution is -0.135. The van der Waals surface area contributed by atoms with E-state index in [2.05, 4.69) is 30.4 Å². The van der Waals surface area contributed by atoms with Crippen LogP contribution in [0.3, 0.4) is 0 Å². The fourth-order valence-corrected chi connectivity index (χ4v) is 4.84. The van der Waals surface area contributed by atoms with Crippen LogP contribution in [0.1, 0.15) is 68.2 Å². The molecule has 0 radical (unpaired) electrons. The predicted octanol–water partition coefficient (Wildman–Crippen LogP) is 3.01. The van der Waals surface area contributed by atoms with Gasteiger partial charge in [0.1, 0.15) is 0 Å². The van der Waals surface area contributed by atoms with Gasteiger partial charge in [0.2, 0.25) is 5.91 Å². The molecule has 1 aromatic carbocycles. The molecule has 1 fully saturated rings. The van der Waals surface area contributed by atoms with Crippen molar-refractivity contribution < 1.29 is 19.4 Å². The van der Waals surface area contributed by atoms with Gasteiger partial charge in [0, 0.05) is 33.4 Å². The number of hydrogen-bond acceptors (Lipinski definition) is 5. The highest BCUT2D eigenvalue weighted by atomic mass is 16.5. The lowest BCUT2D eigenvalue weighted by atomic mass is 9.85. The highest BCUT2D eigenvalue weighted by Crippen LogP contribution is 2.31. The monoisotopic (exact) mass is 432 g/mol. The zero-order chi connectivity index (χ0) is 22.1. The Morgan fingerprint density at radius 1 is 1.26 bits per heavy atom. The van der Waals surface area contributed by atoms with Crippen molar-refractivity contribution in [3.05, 3.63) is 34.9 Å². The number of fused-ring (bicyclic) bond motifs is 1. The van der Waals surface area contributed by atoms with Crippen LogP contribution in [0.15, 0.2) is 18.2 Å². The number of aliphatic hydroxyl groups is 1. The van der Waals surface area contributed by atoms with Gasteiger partial charge in [-0.05, 0) is 48.8 Å². The Kier molecular flexibility index (Phi) is 9.32. The first-order valence-corrected chi connectivity index (χ1v) is 12.0. The molecule has 174 valence electrons. The maximum atomic E-state index is 13.2. The van der Waals surface area contributed by atoms with Gasteiger partial charge in [0.15, 0.2) is 0 Å². The number of hydrogen-bond donors (Lipinski definition) is 2. The van der Waals surface area contributed by atoms with Gasteiger partial charge < -0.3 is 24.8 Å². The Morgan fingerprint density at radius 2 is 2.06 bits per heavy atom. The Hall–Kier alpha value is -1.47. The van der Waals surface area contributed by atoms with Crippen molar-refractivity contribution in [3.63, 3.8) is 0 Å². The standard InChI is InChI=1S/C25H40N2O4/c1-3-20-8-9-21-10-13-27(23(22(21)16-20)18-31-15-7-14-30-2)24(28)17-26-19-25(29)11-5-4-6-12-25/h8-9,16,23,26,29H,3-7,10-15,17-19H2,1-2H3. The minimum Gasteiger partial charge on any atom is -0.389 e. The number of aryl methyl sites for hydroxylation is 1. The fourth-order valence-electron chi connectivity index (χ4n) is 4.84. The van der Waals surface area contributed by atoms with E-state index in [9.17, 15) is 9.90 Å². The van der Waals surface area contributed by atoms with E-state index in [0.29, 0.717) is 32.9 Å². The number of rotatable bonds is 11. The highest BCUT2D eigenvalue weighted by Gasteiger charge is 2.32. The molecule has 2 aliphatic rings. The quantitative estimate of drug-likeness (QED) is 0.526. The second kappa shape index (κ2) is 12.0. The molecule has 1 atom stereocenters. The summed E-state index contributed by atoms with van der Waals surface area (Å²) in [5.74, 6) is 0.0810. The first kappa shape index (κ1) is 24.2. The van der Waals surface area contributed by atoms with E-state index in [1.54, 1.807) is 7.11 Å². The van der Waals surface area contributed by atoms with E-state index < -0.39 is 5.60 Å². The Bertz CT molecular complexity index is 703. The van der Waals surface area contributed by atoms with Crippen LogP contribution in [-0.2, 0) is 27.1 Å². The molecule has 0 aromatic heterocycles. The minimum absolute atomic E-state index is 0.0649. The molecule has 1 unspecified atom stereocenters. The van der Waals surface area contributed by atoms with Crippen LogP contribution in [0, 0.1) is 0 Å². The van der Waals surface area contributed by atoms with E-state index >= 15 is 0 Å². The van der Waals surface area contributed by atoms with Crippen molar-refractivity contribution in [2.45, 2.75) is 69.9 Å². The van der Waals surface area contributed by atoms with Crippen molar-refractivity contribution in [2.75, 3.05) is 46.6 Å². The van der Waals surface area contributed by atoms with Gasteiger partial charge in [0.05, 0.1) is 24.8 Å². The second-order valence-corrected chi connectivity index (χ2v) is 9.05. The van der Waals surface area contributed by atoms with Crippen molar-refractivity contribution in [2.24, 2.45) is 0 Å². The third kappa shape index (κ3) is 6.75. The van der Waals surface area contributed by atoms with Gasteiger partial charge in [-0.3, -0.25) is 4.79 Å². The van der Waals surface area contributed by atoms with Crippen LogP contribution < -0.4 is 5.32 Å². The van der Waals surface area contributed by atoms with E-state index in [1.807, 2.05) is 4.90 Å². The molecule has 1 saturated carbocycles. The van der Waals surface area contributed by atoms with Crippen LogP contribution >= 0.6 is 0 Å². The summed E-state index contributed by atoms with van der Waals surface area (Å²) in [7, 11) is 1.70. The molecule has 6 nitrogen and oxygen atoms in total. The summed E-state index contributed by atoms with van der Waals surface area (Å²) in [6.45, 7) is 5.41. The number of amides is 1. The van der Waals surface area contributed by atoms with Crippen molar-refractivity contribution in [1.82, 2.24) is 10.2 Å². The molecule has 3 rings (SSSR count). The lowest BCUT2D eigenvalue weighted by Gasteiger charge is -2.38. The smallest absolute Gasteiger partial charge is 0.237 e. The van der Waals surface area contributed by atoms with Crippen LogP contribution in [0.2, 0.25) is 0 Å². The van der Waals surface area contributed by atoms with E-state index in [-0.39, 0.29) is 18.5 Å². The van der Waals surface area contributed by atoms with Crippen LogP contribution in [-0.4, -0.2) is 68.1 Å². The van der Waals surface area contributed by atoms with Crippen LogP contribution in [0.5, 0.6) is 0 Å². The summed E-state index contributed by atoms with van der Waals surface area (Å²) in [6.07, 6.45) is 7.66.